The van der Waals surface area contributed by atoms with Gasteiger partial charge >= 0.3 is 0 Å². The van der Waals surface area contributed by atoms with E-state index in [0.29, 0.717) is 22.6 Å². The average Bonchev–Trinajstić information content (AvgIpc) is 2.37. The summed E-state index contributed by atoms with van der Waals surface area (Å²) in [5, 5.41) is 9.07. The molecular formula is C13H10N2O3. The first-order chi connectivity index (χ1) is 8.67. The van der Waals surface area contributed by atoms with Crippen LogP contribution in [-0.4, -0.2) is 10.1 Å². The number of aromatic nitrogens is 1. The smallest absolute Gasteiger partial charge is 0.205 e. The Morgan fingerprint density at radius 3 is 2.89 bits per heavy atom. The SMILES string of the molecule is Nc1cc2nc3cc(CO)ccc3oc-2cc1=O. The van der Waals surface area contributed by atoms with E-state index in [1.54, 1.807) is 18.2 Å². The molecular weight excluding hydrogens is 232 g/mol. The Balaban J connectivity index is 2.37. The molecule has 0 saturated carbocycles. The maximum atomic E-state index is 11.4. The molecule has 90 valence electrons. The first kappa shape index (κ1) is 10.7. The van der Waals surface area contributed by atoms with Gasteiger partial charge in [-0.3, -0.25) is 4.79 Å². The van der Waals surface area contributed by atoms with Crippen molar-refractivity contribution in [2.24, 2.45) is 0 Å². The first-order valence-electron chi connectivity index (χ1n) is 5.41. The number of aliphatic hydroxyl groups excluding tert-OH is 1. The second-order valence-electron chi connectivity index (χ2n) is 4.03. The van der Waals surface area contributed by atoms with Gasteiger partial charge in [0.2, 0.25) is 5.43 Å². The van der Waals surface area contributed by atoms with Crippen LogP contribution < -0.4 is 11.2 Å². The number of anilines is 1. The molecule has 0 amide bonds. The lowest BCUT2D eigenvalue weighted by molar-refractivity contribution is 0.282. The monoisotopic (exact) mass is 242 g/mol. The van der Waals surface area contributed by atoms with Gasteiger partial charge in [0.15, 0.2) is 11.3 Å². The number of benzene rings is 2. The topological polar surface area (TPSA) is 89.3 Å². The van der Waals surface area contributed by atoms with Crippen molar-refractivity contribution in [3.05, 3.63) is 46.1 Å². The molecule has 5 heteroatoms. The zero-order valence-electron chi connectivity index (χ0n) is 9.38. The van der Waals surface area contributed by atoms with E-state index in [2.05, 4.69) is 4.98 Å². The number of hydrogen-bond donors (Lipinski definition) is 2. The van der Waals surface area contributed by atoms with Crippen molar-refractivity contribution in [3.63, 3.8) is 0 Å². The molecule has 0 bridgehead atoms. The standard InChI is InChI=1S/C13H10N2O3/c14-8-4-10-13(5-11(8)17)18-12-2-1-7(6-16)3-9(12)15-10/h1-5,16H,6,14H2. The van der Waals surface area contributed by atoms with Gasteiger partial charge in [-0.1, -0.05) is 6.07 Å². The molecule has 0 fully saturated rings. The Hall–Kier alpha value is -2.40. The minimum absolute atomic E-state index is 0.0582. The Morgan fingerprint density at radius 1 is 1.28 bits per heavy atom. The molecule has 3 N–H and O–H groups in total. The normalized spacial score (nSPS) is 11.2. The average molecular weight is 242 g/mol. The van der Waals surface area contributed by atoms with E-state index in [1.807, 2.05) is 0 Å². The fourth-order valence-corrected chi connectivity index (χ4v) is 1.82. The molecule has 0 unspecified atom stereocenters. The number of fused-ring (bicyclic) bond motifs is 2. The van der Waals surface area contributed by atoms with Gasteiger partial charge in [-0.05, 0) is 23.8 Å². The highest BCUT2D eigenvalue weighted by Crippen LogP contribution is 2.25. The molecule has 3 rings (SSSR count). The molecule has 1 aromatic rings. The van der Waals surface area contributed by atoms with Crippen LogP contribution >= 0.6 is 0 Å². The van der Waals surface area contributed by atoms with E-state index in [-0.39, 0.29) is 17.7 Å². The Kier molecular flexibility index (Phi) is 2.28. The Bertz CT molecular complexity index is 764. The highest BCUT2D eigenvalue weighted by Gasteiger charge is 2.11. The van der Waals surface area contributed by atoms with Gasteiger partial charge in [0, 0.05) is 6.07 Å². The highest BCUT2D eigenvalue weighted by atomic mass is 16.3. The summed E-state index contributed by atoms with van der Waals surface area (Å²) in [7, 11) is 0. The molecule has 0 atom stereocenters. The van der Waals surface area contributed by atoms with Crippen LogP contribution in [0.3, 0.4) is 0 Å². The van der Waals surface area contributed by atoms with Gasteiger partial charge in [-0.15, -0.1) is 0 Å². The van der Waals surface area contributed by atoms with E-state index >= 15 is 0 Å². The maximum absolute atomic E-state index is 11.4. The third kappa shape index (κ3) is 1.61. The molecule has 2 aliphatic rings. The van der Waals surface area contributed by atoms with Crippen molar-refractivity contribution >= 4 is 16.8 Å². The number of aliphatic hydroxyl groups is 1. The van der Waals surface area contributed by atoms with Crippen LogP contribution in [0.15, 0.2) is 39.5 Å². The maximum Gasteiger partial charge on any atom is 0.205 e. The Labute approximate surface area is 102 Å². The number of nitrogens with two attached hydrogens (primary N) is 1. The van der Waals surface area contributed by atoms with E-state index in [4.69, 9.17) is 15.3 Å². The third-order valence-corrected chi connectivity index (χ3v) is 2.76. The van der Waals surface area contributed by atoms with Crippen molar-refractivity contribution in [2.75, 3.05) is 5.73 Å². The summed E-state index contributed by atoms with van der Waals surface area (Å²) in [6.45, 7) is -0.0582. The second kappa shape index (κ2) is 3.82. The quantitative estimate of drug-likeness (QED) is 0.497. The fourth-order valence-electron chi connectivity index (χ4n) is 1.82. The fraction of sp³-hybridized carbons (Fsp3) is 0.0769. The van der Waals surface area contributed by atoms with Crippen LogP contribution in [-0.2, 0) is 6.61 Å². The molecule has 0 radical (unpaired) electrons. The molecule has 1 heterocycles. The van der Waals surface area contributed by atoms with Gasteiger partial charge in [0.1, 0.15) is 11.2 Å². The predicted octanol–water partition coefficient (Wildman–Crippen LogP) is 1.37. The van der Waals surface area contributed by atoms with Crippen LogP contribution in [0, 0.1) is 0 Å². The zero-order chi connectivity index (χ0) is 12.7. The Morgan fingerprint density at radius 2 is 2.11 bits per heavy atom. The summed E-state index contributed by atoms with van der Waals surface area (Å²) in [4.78, 5) is 15.8. The lowest BCUT2D eigenvalue weighted by atomic mass is 10.1. The molecule has 18 heavy (non-hydrogen) atoms. The first-order valence-corrected chi connectivity index (χ1v) is 5.41. The molecule has 1 aliphatic carbocycles. The minimum atomic E-state index is -0.278. The largest absolute Gasteiger partial charge is 0.453 e. The van der Waals surface area contributed by atoms with E-state index in [9.17, 15) is 4.79 Å². The van der Waals surface area contributed by atoms with Crippen molar-refractivity contribution in [1.82, 2.24) is 4.98 Å². The van der Waals surface area contributed by atoms with Crippen LogP contribution in [0.1, 0.15) is 5.56 Å². The van der Waals surface area contributed by atoms with E-state index in [0.717, 1.165) is 5.56 Å². The molecule has 1 aliphatic heterocycles. The van der Waals surface area contributed by atoms with Crippen molar-refractivity contribution in [1.29, 1.82) is 0 Å². The van der Waals surface area contributed by atoms with Crippen LogP contribution in [0.4, 0.5) is 5.69 Å². The molecule has 5 nitrogen and oxygen atoms in total. The highest BCUT2D eigenvalue weighted by molar-refractivity contribution is 5.77. The minimum Gasteiger partial charge on any atom is -0.453 e. The van der Waals surface area contributed by atoms with Crippen molar-refractivity contribution < 1.29 is 9.52 Å². The number of nitrogens with zero attached hydrogens (tertiary/aromatic N) is 1. The second-order valence-corrected chi connectivity index (χ2v) is 4.03. The predicted molar refractivity (Wildman–Crippen MR) is 67.2 cm³/mol. The summed E-state index contributed by atoms with van der Waals surface area (Å²) < 4.78 is 5.58. The van der Waals surface area contributed by atoms with Crippen LogP contribution in [0.5, 0.6) is 0 Å². The lowest BCUT2D eigenvalue weighted by Gasteiger charge is -2.07. The van der Waals surface area contributed by atoms with Gasteiger partial charge in [-0.25, -0.2) is 4.98 Å². The zero-order valence-corrected chi connectivity index (χ0v) is 9.38. The molecule has 0 spiro atoms. The molecule has 1 aromatic carbocycles. The number of nitrogen functional groups attached to an aromatic ring is 1. The number of hydrogen-bond acceptors (Lipinski definition) is 5. The lowest BCUT2D eigenvalue weighted by Crippen LogP contribution is -2.08. The van der Waals surface area contributed by atoms with Crippen molar-refractivity contribution in [3.8, 4) is 11.5 Å². The van der Waals surface area contributed by atoms with Crippen LogP contribution in [0.2, 0.25) is 0 Å². The van der Waals surface area contributed by atoms with Crippen molar-refractivity contribution in [2.45, 2.75) is 6.61 Å². The van der Waals surface area contributed by atoms with E-state index in [1.165, 1.54) is 12.1 Å². The number of rotatable bonds is 1. The van der Waals surface area contributed by atoms with Crippen LogP contribution in [0.25, 0.3) is 22.6 Å². The van der Waals surface area contributed by atoms with Gasteiger partial charge in [-0.2, -0.15) is 0 Å². The summed E-state index contributed by atoms with van der Waals surface area (Å²) in [5.74, 6) is 0.401. The molecule has 0 saturated heterocycles. The third-order valence-electron chi connectivity index (χ3n) is 2.76. The summed E-state index contributed by atoms with van der Waals surface area (Å²) in [6, 6.07) is 8.02. The summed E-state index contributed by atoms with van der Waals surface area (Å²) >= 11 is 0. The van der Waals surface area contributed by atoms with Gasteiger partial charge < -0.3 is 15.3 Å². The summed E-state index contributed by atoms with van der Waals surface area (Å²) in [5.41, 5.74) is 7.86. The van der Waals surface area contributed by atoms with E-state index < -0.39 is 0 Å². The van der Waals surface area contributed by atoms with Gasteiger partial charge in [0.05, 0.1) is 12.3 Å². The summed E-state index contributed by atoms with van der Waals surface area (Å²) in [6.07, 6.45) is 0. The molecule has 0 aromatic heterocycles. The van der Waals surface area contributed by atoms with Gasteiger partial charge in [0.25, 0.3) is 0 Å².